The maximum atomic E-state index is 14.6. The van der Waals surface area contributed by atoms with Crippen LogP contribution in [0.25, 0.3) is 11.0 Å². The van der Waals surface area contributed by atoms with Gasteiger partial charge in [0.25, 0.3) is 5.56 Å². The summed E-state index contributed by atoms with van der Waals surface area (Å²) in [6, 6.07) is 1.73. The Morgan fingerprint density at radius 1 is 1.16 bits per heavy atom. The van der Waals surface area contributed by atoms with Crippen molar-refractivity contribution in [3.63, 3.8) is 0 Å². The molecule has 0 radical (unpaired) electrons. The van der Waals surface area contributed by atoms with E-state index in [1.54, 1.807) is 12.3 Å². The number of rotatable bonds is 5. The number of fused-ring (bicyclic) bond motifs is 2. The molecule has 196 valence electrons. The molecule has 1 fully saturated rings. The molecule has 0 bridgehead atoms. The van der Waals surface area contributed by atoms with E-state index in [1.165, 1.54) is 11.6 Å². The van der Waals surface area contributed by atoms with Gasteiger partial charge in [-0.1, -0.05) is 12.2 Å². The van der Waals surface area contributed by atoms with E-state index < -0.39 is 29.0 Å². The Hall–Kier alpha value is -3.67. The van der Waals surface area contributed by atoms with Crippen LogP contribution in [-0.2, 0) is 19.6 Å². The highest BCUT2D eigenvalue weighted by Gasteiger charge is 2.31. The zero-order valence-corrected chi connectivity index (χ0v) is 20.5. The minimum atomic E-state index is -1.89. The van der Waals surface area contributed by atoms with Crippen molar-refractivity contribution in [3.05, 3.63) is 63.6 Å². The van der Waals surface area contributed by atoms with Crippen LogP contribution in [0.1, 0.15) is 25.3 Å². The largest absolute Gasteiger partial charge is 0.341 e. The van der Waals surface area contributed by atoms with Gasteiger partial charge in [-0.3, -0.25) is 9.79 Å². The number of hydrogen-bond donors (Lipinski definition) is 1. The highest BCUT2D eigenvalue weighted by Crippen LogP contribution is 2.34. The van der Waals surface area contributed by atoms with Crippen molar-refractivity contribution in [2.24, 2.45) is 10.7 Å². The number of aromatic nitrogens is 3. The van der Waals surface area contributed by atoms with Crippen molar-refractivity contribution in [3.8, 4) is 0 Å². The first-order valence-corrected chi connectivity index (χ1v) is 12.1. The first-order valence-electron chi connectivity index (χ1n) is 12.1. The number of aliphatic imine (C=N–C) groups is 1. The van der Waals surface area contributed by atoms with E-state index in [0.717, 1.165) is 24.3 Å². The summed E-state index contributed by atoms with van der Waals surface area (Å²) in [5.74, 6) is -5.87. The molecule has 4 heterocycles. The SMILES string of the molecule is CC=CCn1c(N2CCCC(N)C2)nc2ccn(CC3=NCc4c(F)c(F)c(F)c(F)c4N3C)c(=O)c21. The molecule has 0 saturated carbocycles. The van der Waals surface area contributed by atoms with E-state index in [-0.39, 0.29) is 36.1 Å². The van der Waals surface area contributed by atoms with Gasteiger partial charge in [0, 0.05) is 44.5 Å². The molecule has 0 aliphatic carbocycles. The van der Waals surface area contributed by atoms with Crippen molar-refractivity contribution in [1.29, 1.82) is 0 Å². The summed E-state index contributed by atoms with van der Waals surface area (Å²) in [5, 5.41) is 0. The quantitative estimate of drug-likeness (QED) is 0.243. The summed E-state index contributed by atoms with van der Waals surface area (Å²) in [5.41, 5.74) is 5.94. The average molecular weight is 518 g/mol. The monoisotopic (exact) mass is 517 g/mol. The van der Waals surface area contributed by atoms with Gasteiger partial charge in [0.15, 0.2) is 23.3 Å². The molecule has 1 aromatic carbocycles. The lowest BCUT2D eigenvalue weighted by molar-refractivity contribution is 0.404. The number of nitrogens with two attached hydrogens (primary N) is 1. The lowest BCUT2D eigenvalue weighted by Gasteiger charge is -2.31. The normalized spacial score (nSPS) is 18.1. The number of hydrogen-bond acceptors (Lipinski definition) is 6. The van der Waals surface area contributed by atoms with Crippen LogP contribution in [0, 0.1) is 23.3 Å². The second kappa shape index (κ2) is 9.66. The van der Waals surface area contributed by atoms with E-state index >= 15 is 0 Å². The number of amidine groups is 1. The fourth-order valence-corrected chi connectivity index (χ4v) is 4.98. The number of likely N-dealkylation sites (N-methyl/N-ethyl adjacent to an activating group) is 1. The summed E-state index contributed by atoms with van der Waals surface area (Å²) < 4.78 is 59.7. The number of nitrogens with zero attached hydrogens (tertiary/aromatic N) is 6. The van der Waals surface area contributed by atoms with E-state index in [4.69, 9.17) is 10.7 Å². The smallest absolute Gasteiger partial charge is 0.277 e. The molecule has 1 unspecified atom stereocenters. The summed E-state index contributed by atoms with van der Waals surface area (Å²) in [6.07, 6.45) is 7.22. The Bertz CT molecular complexity index is 1490. The third-order valence-corrected chi connectivity index (χ3v) is 6.91. The number of benzene rings is 1. The topological polar surface area (TPSA) is 84.7 Å². The first kappa shape index (κ1) is 25.0. The van der Waals surface area contributed by atoms with Gasteiger partial charge in [-0.25, -0.2) is 22.5 Å². The summed E-state index contributed by atoms with van der Waals surface area (Å²) in [6.45, 7) is 3.25. The maximum Gasteiger partial charge on any atom is 0.277 e. The third-order valence-electron chi connectivity index (χ3n) is 6.91. The van der Waals surface area contributed by atoms with Gasteiger partial charge in [0.1, 0.15) is 11.4 Å². The molecule has 1 saturated heterocycles. The fraction of sp³-hybridized carbons (Fsp3) is 0.400. The highest BCUT2D eigenvalue weighted by molar-refractivity contribution is 5.99. The van der Waals surface area contributed by atoms with Gasteiger partial charge in [-0.2, -0.15) is 0 Å². The minimum Gasteiger partial charge on any atom is -0.341 e. The Balaban J connectivity index is 1.54. The standard InChI is InChI=1S/C25H27F4N7O/c1-3-4-9-36-23-16(32-25(36)35-8-5-6-14(30)12-35)7-10-34(24(23)37)13-17-31-11-15-18(26)19(27)20(28)21(29)22(15)33(17)2/h3-4,7,10,14H,5-6,8-9,11-13,30H2,1-2H3. The van der Waals surface area contributed by atoms with Gasteiger partial charge in [-0.15, -0.1) is 0 Å². The number of pyridine rings is 1. The molecule has 12 heteroatoms. The molecule has 2 N–H and O–H groups in total. The maximum absolute atomic E-state index is 14.6. The van der Waals surface area contributed by atoms with E-state index in [0.29, 0.717) is 30.1 Å². The van der Waals surface area contributed by atoms with Crippen LogP contribution in [-0.4, -0.2) is 46.1 Å². The van der Waals surface area contributed by atoms with Gasteiger partial charge in [0.2, 0.25) is 5.95 Å². The molecule has 0 spiro atoms. The van der Waals surface area contributed by atoms with Crippen molar-refractivity contribution in [2.75, 3.05) is 29.9 Å². The molecule has 8 nitrogen and oxygen atoms in total. The first-order chi connectivity index (χ1) is 17.7. The van der Waals surface area contributed by atoms with Gasteiger partial charge >= 0.3 is 0 Å². The molecule has 5 rings (SSSR count). The van der Waals surface area contributed by atoms with Crippen molar-refractivity contribution < 1.29 is 17.6 Å². The summed E-state index contributed by atoms with van der Waals surface area (Å²) >= 11 is 0. The predicted molar refractivity (Wildman–Crippen MR) is 134 cm³/mol. The molecular weight excluding hydrogens is 490 g/mol. The third kappa shape index (κ3) is 4.18. The number of anilines is 2. The zero-order chi connectivity index (χ0) is 26.4. The Kier molecular flexibility index (Phi) is 6.52. The average Bonchev–Trinajstić information content (AvgIpc) is 3.26. The predicted octanol–water partition coefficient (Wildman–Crippen LogP) is 3.31. The zero-order valence-electron chi connectivity index (χ0n) is 20.5. The van der Waals surface area contributed by atoms with E-state index in [1.807, 2.05) is 23.6 Å². The number of allylic oxidation sites excluding steroid dienone is 2. The van der Waals surface area contributed by atoms with E-state index in [2.05, 4.69) is 9.89 Å². The van der Waals surface area contributed by atoms with Gasteiger partial charge < -0.3 is 24.7 Å². The Morgan fingerprint density at radius 3 is 2.65 bits per heavy atom. The molecule has 2 aliphatic rings. The molecule has 1 atom stereocenters. The second-order valence-electron chi connectivity index (χ2n) is 9.30. The van der Waals surface area contributed by atoms with Crippen LogP contribution in [0.5, 0.6) is 0 Å². The van der Waals surface area contributed by atoms with Crippen LogP contribution in [0.4, 0.5) is 29.2 Å². The van der Waals surface area contributed by atoms with Crippen LogP contribution in [0.2, 0.25) is 0 Å². The minimum absolute atomic E-state index is 0.0201. The lowest BCUT2D eigenvalue weighted by Crippen LogP contribution is -2.44. The highest BCUT2D eigenvalue weighted by atomic mass is 19.2. The molecule has 2 aliphatic heterocycles. The molecular formula is C25H27F4N7O. The number of imidazole rings is 1. The molecule has 2 aromatic heterocycles. The summed E-state index contributed by atoms with van der Waals surface area (Å²) in [4.78, 5) is 25.8. The summed E-state index contributed by atoms with van der Waals surface area (Å²) in [7, 11) is 1.37. The lowest BCUT2D eigenvalue weighted by atomic mass is 10.1. The number of piperidine rings is 1. The van der Waals surface area contributed by atoms with E-state index in [9.17, 15) is 22.4 Å². The van der Waals surface area contributed by atoms with Crippen molar-refractivity contribution >= 4 is 28.5 Å². The Morgan fingerprint density at radius 2 is 1.92 bits per heavy atom. The van der Waals surface area contributed by atoms with Crippen LogP contribution < -0.4 is 21.1 Å². The van der Waals surface area contributed by atoms with Crippen LogP contribution in [0.3, 0.4) is 0 Å². The Labute approximate surface area is 210 Å². The van der Waals surface area contributed by atoms with Crippen LogP contribution >= 0.6 is 0 Å². The second-order valence-corrected chi connectivity index (χ2v) is 9.30. The molecule has 0 amide bonds. The van der Waals surface area contributed by atoms with Gasteiger partial charge in [0.05, 0.1) is 24.3 Å². The molecule has 37 heavy (non-hydrogen) atoms. The van der Waals surface area contributed by atoms with Crippen molar-refractivity contribution in [1.82, 2.24) is 14.1 Å². The van der Waals surface area contributed by atoms with Crippen molar-refractivity contribution in [2.45, 2.75) is 45.4 Å². The van der Waals surface area contributed by atoms with Gasteiger partial charge in [-0.05, 0) is 25.8 Å². The fourth-order valence-electron chi connectivity index (χ4n) is 4.98. The molecule has 3 aromatic rings. The van der Waals surface area contributed by atoms with Crippen LogP contribution in [0.15, 0.2) is 34.2 Å². The number of halogens is 4.